The van der Waals surface area contributed by atoms with Gasteiger partial charge in [-0.3, -0.25) is 9.00 Å². The van der Waals surface area contributed by atoms with Crippen LogP contribution in [0.25, 0.3) is 0 Å². The SMILES string of the molecule is C[S@@](=O)Cc1cccc(NC(=O)[C@H]2CCCO2)c1. The van der Waals surface area contributed by atoms with Crippen LogP contribution < -0.4 is 5.32 Å². The predicted octanol–water partition coefficient (Wildman–Crippen LogP) is 1.68. The number of carbonyl (C=O) groups excluding carboxylic acids is 1. The van der Waals surface area contributed by atoms with Gasteiger partial charge in [0.1, 0.15) is 6.10 Å². The number of rotatable bonds is 4. The lowest BCUT2D eigenvalue weighted by Crippen LogP contribution is -2.26. The molecular formula is C13H17NO3S. The summed E-state index contributed by atoms with van der Waals surface area (Å²) < 4.78 is 16.5. The van der Waals surface area contributed by atoms with Crippen molar-refractivity contribution in [3.8, 4) is 0 Å². The summed E-state index contributed by atoms with van der Waals surface area (Å²) in [5, 5.41) is 2.83. The molecule has 0 aliphatic carbocycles. The molecule has 1 aliphatic heterocycles. The molecule has 0 spiro atoms. The number of nitrogens with one attached hydrogen (secondary N) is 1. The maximum Gasteiger partial charge on any atom is 0.253 e. The number of benzene rings is 1. The maximum atomic E-state index is 11.9. The van der Waals surface area contributed by atoms with E-state index in [2.05, 4.69) is 5.32 Å². The highest BCUT2D eigenvalue weighted by molar-refractivity contribution is 7.83. The Morgan fingerprint density at radius 2 is 2.39 bits per heavy atom. The molecule has 0 aromatic heterocycles. The van der Waals surface area contributed by atoms with Crippen LogP contribution in [0.15, 0.2) is 24.3 Å². The Morgan fingerprint density at radius 3 is 3.06 bits per heavy atom. The van der Waals surface area contributed by atoms with Crippen LogP contribution in [0, 0.1) is 0 Å². The van der Waals surface area contributed by atoms with Crippen molar-refractivity contribution in [3.63, 3.8) is 0 Å². The second-order valence-corrected chi connectivity index (χ2v) is 5.84. The molecule has 1 aromatic carbocycles. The Bertz CT molecular complexity index is 455. The van der Waals surface area contributed by atoms with Crippen molar-refractivity contribution in [1.29, 1.82) is 0 Å². The Hall–Kier alpha value is -1.20. The van der Waals surface area contributed by atoms with Crippen molar-refractivity contribution in [3.05, 3.63) is 29.8 Å². The highest BCUT2D eigenvalue weighted by Gasteiger charge is 2.23. The van der Waals surface area contributed by atoms with E-state index in [9.17, 15) is 9.00 Å². The zero-order valence-electron chi connectivity index (χ0n) is 10.3. The normalized spacial score (nSPS) is 20.6. The van der Waals surface area contributed by atoms with Crippen LogP contribution in [-0.4, -0.2) is 29.1 Å². The van der Waals surface area contributed by atoms with E-state index in [-0.39, 0.29) is 12.0 Å². The standard InChI is InChI=1S/C13H17NO3S/c1-18(16)9-10-4-2-5-11(8-10)14-13(15)12-6-3-7-17-12/h2,4-5,8,12H,3,6-7,9H2,1H3,(H,14,15)/t12-,18-/m1/s1. The largest absolute Gasteiger partial charge is 0.368 e. The van der Waals surface area contributed by atoms with Gasteiger partial charge in [0.2, 0.25) is 0 Å². The lowest BCUT2D eigenvalue weighted by Gasteiger charge is -2.11. The summed E-state index contributed by atoms with van der Waals surface area (Å²) in [6.45, 7) is 0.660. The lowest BCUT2D eigenvalue weighted by molar-refractivity contribution is -0.124. The number of ether oxygens (including phenoxy) is 1. The van der Waals surface area contributed by atoms with Gasteiger partial charge in [-0.25, -0.2) is 0 Å². The van der Waals surface area contributed by atoms with Crippen LogP contribution >= 0.6 is 0 Å². The third kappa shape index (κ3) is 3.65. The van der Waals surface area contributed by atoms with Gasteiger partial charge in [-0.2, -0.15) is 0 Å². The van der Waals surface area contributed by atoms with Gasteiger partial charge < -0.3 is 10.1 Å². The van der Waals surface area contributed by atoms with Crippen LogP contribution in [0.5, 0.6) is 0 Å². The first-order valence-electron chi connectivity index (χ1n) is 5.96. The zero-order chi connectivity index (χ0) is 13.0. The molecule has 2 atom stereocenters. The summed E-state index contributed by atoms with van der Waals surface area (Å²) in [5.41, 5.74) is 1.69. The molecule has 0 bridgehead atoms. The van der Waals surface area contributed by atoms with Crippen molar-refractivity contribution in [2.24, 2.45) is 0 Å². The van der Waals surface area contributed by atoms with E-state index in [0.29, 0.717) is 12.4 Å². The molecule has 1 heterocycles. The molecule has 1 aromatic rings. The first-order chi connectivity index (χ1) is 8.65. The molecule has 5 heteroatoms. The first kappa shape index (κ1) is 13.2. The molecule has 4 nitrogen and oxygen atoms in total. The van der Waals surface area contributed by atoms with Crippen molar-refractivity contribution in [2.45, 2.75) is 24.7 Å². The molecule has 1 aliphatic rings. The quantitative estimate of drug-likeness (QED) is 0.903. The van der Waals surface area contributed by atoms with Crippen LogP contribution in [0.2, 0.25) is 0 Å². The first-order valence-corrected chi connectivity index (χ1v) is 7.69. The Labute approximate surface area is 109 Å². The van der Waals surface area contributed by atoms with E-state index < -0.39 is 10.8 Å². The molecule has 0 radical (unpaired) electrons. The predicted molar refractivity (Wildman–Crippen MR) is 71.8 cm³/mol. The van der Waals surface area contributed by atoms with Crippen molar-refractivity contribution in [2.75, 3.05) is 18.2 Å². The number of anilines is 1. The van der Waals surface area contributed by atoms with Crippen LogP contribution in [-0.2, 0) is 26.1 Å². The number of amides is 1. The van der Waals surface area contributed by atoms with E-state index in [1.54, 1.807) is 6.26 Å². The van der Waals surface area contributed by atoms with Gasteiger partial charge in [0.25, 0.3) is 5.91 Å². The van der Waals surface area contributed by atoms with Crippen molar-refractivity contribution >= 4 is 22.4 Å². The molecule has 1 N–H and O–H groups in total. The van der Waals surface area contributed by atoms with Crippen LogP contribution in [0.1, 0.15) is 18.4 Å². The van der Waals surface area contributed by atoms with Gasteiger partial charge >= 0.3 is 0 Å². The minimum absolute atomic E-state index is 0.0951. The molecular weight excluding hydrogens is 250 g/mol. The fourth-order valence-corrected chi connectivity index (χ4v) is 2.63. The molecule has 0 saturated carbocycles. The monoisotopic (exact) mass is 267 g/mol. The molecule has 2 rings (SSSR count). The van der Waals surface area contributed by atoms with E-state index in [1.807, 2.05) is 24.3 Å². The van der Waals surface area contributed by atoms with Crippen molar-refractivity contribution in [1.82, 2.24) is 0 Å². The molecule has 1 saturated heterocycles. The Balaban J connectivity index is 2.00. The fraction of sp³-hybridized carbons (Fsp3) is 0.462. The fourth-order valence-electron chi connectivity index (χ4n) is 1.98. The molecule has 0 unspecified atom stereocenters. The van der Waals surface area contributed by atoms with Gasteiger partial charge in [-0.15, -0.1) is 0 Å². The van der Waals surface area contributed by atoms with Crippen LogP contribution in [0.4, 0.5) is 5.69 Å². The number of hydrogen-bond acceptors (Lipinski definition) is 3. The van der Waals surface area contributed by atoms with E-state index in [1.165, 1.54) is 0 Å². The minimum atomic E-state index is -0.877. The van der Waals surface area contributed by atoms with Crippen LogP contribution in [0.3, 0.4) is 0 Å². The third-order valence-corrected chi connectivity index (χ3v) is 3.53. The summed E-state index contributed by atoms with van der Waals surface area (Å²) in [6, 6.07) is 7.44. The number of hydrogen-bond donors (Lipinski definition) is 1. The summed E-state index contributed by atoms with van der Waals surface area (Å²) in [7, 11) is -0.877. The second-order valence-electron chi connectivity index (χ2n) is 4.41. The summed E-state index contributed by atoms with van der Waals surface area (Å²) in [5.74, 6) is 0.408. The average Bonchev–Trinajstić information content (AvgIpc) is 2.81. The topological polar surface area (TPSA) is 55.4 Å². The third-order valence-electron chi connectivity index (χ3n) is 2.79. The number of carbonyl (C=O) groups is 1. The zero-order valence-corrected chi connectivity index (χ0v) is 11.2. The second kappa shape index (κ2) is 6.11. The average molecular weight is 267 g/mol. The summed E-state index contributed by atoms with van der Waals surface area (Å²) in [6.07, 6.45) is 3.06. The van der Waals surface area contributed by atoms with Gasteiger partial charge in [0.05, 0.1) is 0 Å². The maximum absolute atomic E-state index is 11.9. The molecule has 98 valence electrons. The Kier molecular flexibility index (Phi) is 4.49. The van der Waals surface area contributed by atoms with Crippen molar-refractivity contribution < 1.29 is 13.7 Å². The lowest BCUT2D eigenvalue weighted by atomic mass is 10.2. The van der Waals surface area contributed by atoms with E-state index in [0.717, 1.165) is 24.1 Å². The van der Waals surface area contributed by atoms with Gasteiger partial charge in [0, 0.05) is 35.1 Å². The van der Waals surface area contributed by atoms with Gasteiger partial charge in [0.15, 0.2) is 0 Å². The molecule has 1 amide bonds. The highest BCUT2D eigenvalue weighted by Crippen LogP contribution is 2.16. The smallest absolute Gasteiger partial charge is 0.253 e. The molecule has 18 heavy (non-hydrogen) atoms. The Morgan fingerprint density at radius 1 is 1.56 bits per heavy atom. The minimum Gasteiger partial charge on any atom is -0.368 e. The molecule has 1 fully saturated rings. The van der Waals surface area contributed by atoms with E-state index in [4.69, 9.17) is 4.74 Å². The van der Waals surface area contributed by atoms with Gasteiger partial charge in [-0.05, 0) is 30.5 Å². The highest BCUT2D eigenvalue weighted by atomic mass is 32.2. The van der Waals surface area contributed by atoms with E-state index >= 15 is 0 Å². The summed E-state index contributed by atoms with van der Waals surface area (Å²) in [4.78, 5) is 11.9. The summed E-state index contributed by atoms with van der Waals surface area (Å²) >= 11 is 0. The van der Waals surface area contributed by atoms with Gasteiger partial charge in [-0.1, -0.05) is 12.1 Å².